The number of nitrogens with zero attached hydrogens (tertiary/aromatic N) is 1. The molecular weight excluding hydrogens is 498 g/mol. The van der Waals surface area contributed by atoms with Gasteiger partial charge in [-0.3, -0.25) is 14.6 Å². The van der Waals surface area contributed by atoms with E-state index in [0.29, 0.717) is 17.2 Å². The van der Waals surface area contributed by atoms with Crippen molar-refractivity contribution in [1.29, 1.82) is 0 Å². The predicted octanol–water partition coefficient (Wildman–Crippen LogP) is 5.32. The number of pyridine rings is 1. The van der Waals surface area contributed by atoms with Gasteiger partial charge in [0.1, 0.15) is 23.9 Å². The number of benzene rings is 2. The van der Waals surface area contributed by atoms with E-state index in [1.165, 1.54) is 0 Å². The molecule has 0 saturated carbocycles. The third-order valence-electron chi connectivity index (χ3n) is 5.33. The summed E-state index contributed by atoms with van der Waals surface area (Å²) in [5, 5.41) is 0.838. The molecule has 0 unspecified atom stereocenters. The Balaban J connectivity index is 0.00000481. The summed E-state index contributed by atoms with van der Waals surface area (Å²) in [6.45, 7) is 7.90. The lowest BCUT2D eigenvalue weighted by Crippen LogP contribution is -2.30. The number of fused-ring (bicyclic) bond motifs is 1. The van der Waals surface area contributed by atoms with E-state index < -0.39 is 17.9 Å². The van der Waals surface area contributed by atoms with Crippen LogP contribution >= 0.6 is 12.4 Å². The lowest BCUT2D eigenvalue weighted by molar-refractivity contribution is -0.161. The average molecular weight is 532 g/mol. The Morgan fingerprint density at radius 1 is 0.946 bits per heavy atom. The number of rotatable bonds is 12. The topological polar surface area (TPSA) is 93.2 Å². The fourth-order valence-electron chi connectivity index (χ4n) is 3.70. The largest absolute Gasteiger partial charge is 0.497 e. The summed E-state index contributed by atoms with van der Waals surface area (Å²) in [4.78, 5) is 29.3. The SMILES string of the molecule is CCOC(=O)C(Cc1cccc(OCc2cnc3ccc(OC)cc3c2OC(C)C)c1)C(=O)OCC.Cl. The first-order valence-corrected chi connectivity index (χ1v) is 12.0. The Bertz CT molecular complexity index is 1180. The quantitative estimate of drug-likeness (QED) is 0.229. The molecule has 0 amide bonds. The highest BCUT2D eigenvalue weighted by molar-refractivity contribution is 5.95. The summed E-state index contributed by atoms with van der Waals surface area (Å²) in [7, 11) is 1.62. The van der Waals surface area contributed by atoms with E-state index >= 15 is 0 Å². The Hall–Kier alpha value is -3.52. The highest BCUT2D eigenvalue weighted by atomic mass is 35.5. The van der Waals surface area contributed by atoms with Crippen LogP contribution in [0.25, 0.3) is 10.9 Å². The summed E-state index contributed by atoms with van der Waals surface area (Å²) >= 11 is 0. The lowest BCUT2D eigenvalue weighted by atomic mass is 9.99. The minimum absolute atomic E-state index is 0. The molecule has 0 aliphatic carbocycles. The van der Waals surface area contributed by atoms with Crippen molar-refractivity contribution in [2.75, 3.05) is 20.3 Å². The average Bonchev–Trinajstić information content (AvgIpc) is 2.86. The fraction of sp³-hybridized carbons (Fsp3) is 0.393. The van der Waals surface area contributed by atoms with Gasteiger partial charge in [0.05, 0.1) is 37.5 Å². The number of hydrogen-bond donors (Lipinski definition) is 0. The molecule has 1 heterocycles. The summed E-state index contributed by atoms with van der Waals surface area (Å²) in [6.07, 6.45) is 1.84. The molecule has 2 aromatic carbocycles. The molecule has 0 radical (unpaired) electrons. The summed E-state index contributed by atoms with van der Waals surface area (Å²) in [5.74, 6) is -0.256. The molecule has 9 heteroatoms. The third-order valence-corrected chi connectivity index (χ3v) is 5.33. The van der Waals surface area contributed by atoms with Gasteiger partial charge in [-0.15, -0.1) is 12.4 Å². The molecular formula is C28H34ClNO7. The van der Waals surface area contributed by atoms with Gasteiger partial charge in [-0.05, 0) is 70.0 Å². The molecule has 0 aliphatic heterocycles. The first-order valence-electron chi connectivity index (χ1n) is 12.0. The van der Waals surface area contributed by atoms with Crippen LogP contribution in [0.2, 0.25) is 0 Å². The monoisotopic (exact) mass is 531 g/mol. The third kappa shape index (κ3) is 7.98. The van der Waals surface area contributed by atoms with Crippen LogP contribution in [0.3, 0.4) is 0 Å². The van der Waals surface area contributed by atoms with Gasteiger partial charge in [0, 0.05) is 11.6 Å². The minimum atomic E-state index is -1.04. The van der Waals surface area contributed by atoms with Gasteiger partial charge in [-0.2, -0.15) is 0 Å². The van der Waals surface area contributed by atoms with Crippen molar-refractivity contribution < 1.29 is 33.3 Å². The van der Waals surface area contributed by atoms with E-state index in [0.717, 1.165) is 22.0 Å². The number of ether oxygens (including phenoxy) is 5. The Morgan fingerprint density at radius 3 is 2.27 bits per heavy atom. The zero-order valence-corrected chi connectivity index (χ0v) is 22.6. The van der Waals surface area contributed by atoms with E-state index in [-0.39, 0.29) is 44.8 Å². The van der Waals surface area contributed by atoms with Crippen molar-refractivity contribution in [3.8, 4) is 17.2 Å². The molecule has 3 rings (SSSR count). The number of aromatic nitrogens is 1. The predicted molar refractivity (Wildman–Crippen MR) is 143 cm³/mol. The second kappa shape index (κ2) is 14.3. The smallest absolute Gasteiger partial charge is 0.320 e. The van der Waals surface area contributed by atoms with Crippen molar-refractivity contribution >= 4 is 35.2 Å². The number of methoxy groups -OCH3 is 1. The first-order chi connectivity index (χ1) is 17.4. The Kier molecular flexibility index (Phi) is 11.5. The van der Waals surface area contributed by atoms with Crippen LogP contribution in [0.1, 0.15) is 38.8 Å². The van der Waals surface area contributed by atoms with Crippen LogP contribution in [0.5, 0.6) is 17.2 Å². The number of carbonyl (C=O) groups is 2. The Morgan fingerprint density at radius 2 is 1.65 bits per heavy atom. The molecule has 0 fully saturated rings. The standard InChI is InChI=1S/C28H33NO7.ClH/c1-6-33-27(30)24(28(31)34-7-2)14-19-9-8-10-22(13-19)35-17-20-16-29-25-12-11-21(32-5)15-23(25)26(20)36-18(3)4;/h8-13,15-16,18,24H,6-7,14,17H2,1-5H3;1H. The van der Waals surface area contributed by atoms with E-state index in [1.807, 2.05) is 50.2 Å². The molecule has 0 bridgehead atoms. The van der Waals surface area contributed by atoms with Gasteiger partial charge in [-0.25, -0.2) is 0 Å². The van der Waals surface area contributed by atoms with Crippen molar-refractivity contribution in [2.24, 2.45) is 5.92 Å². The maximum absolute atomic E-state index is 12.4. The van der Waals surface area contributed by atoms with Crippen LogP contribution < -0.4 is 14.2 Å². The van der Waals surface area contributed by atoms with Crippen molar-refractivity contribution in [2.45, 2.75) is 46.8 Å². The van der Waals surface area contributed by atoms with Crippen LogP contribution in [0.4, 0.5) is 0 Å². The normalized spacial score (nSPS) is 10.7. The highest BCUT2D eigenvalue weighted by Gasteiger charge is 2.29. The molecule has 0 saturated heterocycles. The minimum Gasteiger partial charge on any atom is -0.497 e. The molecule has 3 aromatic rings. The van der Waals surface area contributed by atoms with Crippen molar-refractivity contribution in [3.05, 3.63) is 59.8 Å². The van der Waals surface area contributed by atoms with Crippen LogP contribution in [-0.2, 0) is 32.1 Å². The second-order valence-electron chi connectivity index (χ2n) is 8.36. The van der Waals surface area contributed by atoms with Crippen LogP contribution in [0.15, 0.2) is 48.7 Å². The second-order valence-corrected chi connectivity index (χ2v) is 8.36. The van der Waals surface area contributed by atoms with Crippen LogP contribution in [-0.4, -0.2) is 43.4 Å². The molecule has 1 aromatic heterocycles. The number of esters is 2. The zero-order chi connectivity index (χ0) is 26.1. The van der Waals surface area contributed by atoms with Gasteiger partial charge in [0.2, 0.25) is 0 Å². The molecule has 0 aliphatic rings. The van der Waals surface area contributed by atoms with Crippen molar-refractivity contribution in [1.82, 2.24) is 4.98 Å². The molecule has 200 valence electrons. The van der Waals surface area contributed by atoms with Crippen LogP contribution in [0, 0.1) is 5.92 Å². The highest BCUT2D eigenvalue weighted by Crippen LogP contribution is 2.33. The Labute approximate surface area is 223 Å². The molecule has 0 atom stereocenters. The molecule has 8 nitrogen and oxygen atoms in total. The molecule has 37 heavy (non-hydrogen) atoms. The van der Waals surface area contributed by atoms with Gasteiger partial charge >= 0.3 is 11.9 Å². The van der Waals surface area contributed by atoms with E-state index in [4.69, 9.17) is 23.7 Å². The van der Waals surface area contributed by atoms with Gasteiger partial charge in [0.25, 0.3) is 0 Å². The fourth-order valence-corrected chi connectivity index (χ4v) is 3.70. The summed E-state index contributed by atoms with van der Waals surface area (Å²) in [6, 6.07) is 12.9. The molecule has 0 spiro atoms. The number of hydrogen-bond acceptors (Lipinski definition) is 8. The zero-order valence-electron chi connectivity index (χ0n) is 21.8. The maximum atomic E-state index is 12.4. The number of carbonyl (C=O) groups excluding carboxylic acids is 2. The van der Waals surface area contributed by atoms with Gasteiger partial charge in [0.15, 0.2) is 5.92 Å². The molecule has 0 N–H and O–H groups in total. The number of halogens is 1. The summed E-state index contributed by atoms with van der Waals surface area (Å²) < 4.78 is 27.7. The van der Waals surface area contributed by atoms with E-state index in [9.17, 15) is 9.59 Å². The summed E-state index contributed by atoms with van der Waals surface area (Å²) in [5.41, 5.74) is 2.32. The first kappa shape index (κ1) is 29.7. The maximum Gasteiger partial charge on any atom is 0.320 e. The van der Waals surface area contributed by atoms with Gasteiger partial charge in [-0.1, -0.05) is 12.1 Å². The van der Waals surface area contributed by atoms with E-state index in [2.05, 4.69) is 4.98 Å². The van der Waals surface area contributed by atoms with Gasteiger partial charge < -0.3 is 23.7 Å². The van der Waals surface area contributed by atoms with E-state index in [1.54, 1.807) is 33.2 Å². The van der Waals surface area contributed by atoms with Crippen molar-refractivity contribution in [3.63, 3.8) is 0 Å². The lowest BCUT2D eigenvalue weighted by Gasteiger charge is -2.18.